The van der Waals surface area contributed by atoms with Crippen LogP contribution in [0.1, 0.15) is 16.7 Å². The second-order valence-electron chi connectivity index (χ2n) is 5.48. The summed E-state index contributed by atoms with van der Waals surface area (Å²) in [4.78, 5) is 15.2. The van der Waals surface area contributed by atoms with Gasteiger partial charge in [0.15, 0.2) is 0 Å². The van der Waals surface area contributed by atoms with Crippen molar-refractivity contribution in [2.45, 2.75) is 20.4 Å². The summed E-state index contributed by atoms with van der Waals surface area (Å²) in [5.74, 6) is 0. The molecule has 0 atom stereocenters. The molecule has 0 radical (unpaired) electrons. The molecule has 1 heterocycles. The number of H-pyrrole nitrogens is 1. The summed E-state index contributed by atoms with van der Waals surface area (Å²) >= 11 is 6.11. The first-order valence-electron chi connectivity index (χ1n) is 7.16. The quantitative estimate of drug-likeness (QED) is 0.752. The highest BCUT2D eigenvalue weighted by molar-refractivity contribution is 6.31. The van der Waals surface area contributed by atoms with Gasteiger partial charge in [0.25, 0.3) is 5.56 Å². The molecule has 2 aromatic carbocycles. The van der Waals surface area contributed by atoms with Crippen molar-refractivity contribution in [2.75, 3.05) is 5.32 Å². The number of nitrogens with one attached hydrogen (secondary N) is 2. The van der Waals surface area contributed by atoms with Gasteiger partial charge in [-0.15, -0.1) is 0 Å². The van der Waals surface area contributed by atoms with Crippen LogP contribution in [-0.4, -0.2) is 4.98 Å². The Morgan fingerprint density at radius 3 is 2.68 bits per heavy atom. The number of para-hydroxylation sites is 1. The molecular weight excluding hydrogens is 296 g/mol. The molecule has 0 spiro atoms. The van der Waals surface area contributed by atoms with E-state index in [-0.39, 0.29) is 5.56 Å². The molecule has 0 bridgehead atoms. The number of halogens is 1. The molecule has 1 aromatic heterocycles. The molecule has 3 rings (SSSR count). The second kappa shape index (κ2) is 5.85. The highest BCUT2D eigenvalue weighted by atomic mass is 35.5. The van der Waals surface area contributed by atoms with Gasteiger partial charge in [0.1, 0.15) is 0 Å². The molecule has 0 aliphatic rings. The smallest absolute Gasteiger partial charge is 0.253 e. The van der Waals surface area contributed by atoms with E-state index in [9.17, 15) is 4.79 Å². The Bertz CT molecular complexity index is 899. The number of pyridine rings is 1. The molecule has 0 aliphatic heterocycles. The summed E-state index contributed by atoms with van der Waals surface area (Å²) in [7, 11) is 0. The summed E-state index contributed by atoms with van der Waals surface area (Å²) in [6, 6.07) is 13.7. The number of fused-ring (bicyclic) bond motifs is 1. The maximum absolute atomic E-state index is 12.2. The summed E-state index contributed by atoms with van der Waals surface area (Å²) < 4.78 is 0. The molecule has 0 unspecified atom stereocenters. The van der Waals surface area contributed by atoms with Crippen LogP contribution < -0.4 is 10.9 Å². The molecule has 0 amide bonds. The molecular formula is C18H17ClN2O. The normalized spacial score (nSPS) is 10.9. The standard InChI is InChI=1S/C18H17ClN2O/c1-11-6-7-15(9-16(11)19)20-10-14-8-13-5-3-4-12(2)17(13)21-18(14)22/h3-9,20H,10H2,1-2H3,(H,21,22). The van der Waals surface area contributed by atoms with Gasteiger partial charge in [0.2, 0.25) is 0 Å². The number of rotatable bonds is 3. The van der Waals surface area contributed by atoms with Crippen LogP contribution in [0.3, 0.4) is 0 Å². The number of aryl methyl sites for hydroxylation is 2. The first-order valence-corrected chi connectivity index (χ1v) is 7.54. The van der Waals surface area contributed by atoms with Crippen molar-refractivity contribution in [1.29, 1.82) is 0 Å². The van der Waals surface area contributed by atoms with Crippen molar-refractivity contribution in [3.8, 4) is 0 Å². The zero-order valence-electron chi connectivity index (χ0n) is 12.5. The molecule has 3 aromatic rings. The van der Waals surface area contributed by atoms with Crippen molar-refractivity contribution in [2.24, 2.45) is 0 Å². The number of hydrogen-bond donors (Lipinski definition) is 2. The lowest BCUT2D eigenvalue weighted by Gasteiger charge is -2.09. The van der Waals surface area contributed by atoms with E-state index < -0.39 is 0 Å². The van der Waals surface area contributed by atoms with Gasteiger partial charge in [0.05, 0.1) is 5.52 Å². The van der Waals surface area contributed by atoms with E-state index in [0.29, 0.717) is 17.1 Å². The maximum Gasteiger partial charge on any atom is 0.253 e. The van der Waals surface area contributed by atoms with E-state index in [4.69, 9.17) is 11.6 Å². The number of aromatic amines is 1. The molecule has 0 saturated heterocycles. The van der Waals surface area contributed by atoms with Crippen LogP contribution in [0.15, 0.2) is 47.3 Å². The van der Waals surface area contributed by atoms with Gasteiger partial charge in [-0.2, -0.15) is 0 Å². The van der Waals surface area contributed by atoms with Gasteiger partial charge in [-0.3, -0.25) is 4.79 Å². The van der Waals surface area contributed by atoms with Crippen LogP contribution in [0, 0.1) is 13.8 Å². The Labute approximate surface area is 133 Å². The van der Waals surface area contributed by atoms with Crippen LogP contribution >= 0.6 is 11.6 Å². The monoisotopic (exact) mass is 312 g/mol. The molecule has 0 saturated carbocycles. The lowest BCUT2D eigenvalue weighted by molar-refractivity contribution is 1.09. The average Bonchev–Trinajstić information content (AvgIpc) is 2.49. The maximum atomic E-state index is 12.2. The molecule has 112 valence electrons. The van der Waals surface area contributed by atoms with Crippen LogP contribution in [0.25, 0.3) is 10.9 Å². The minimum atomic E-state index is -0.0625. The Morgan fingerprint density at radius 1 is 1.09 bits per heavy atom. The molecule has 2 N–H and O–H groups in total. The molecule has 22 heavy (non-hydrogen) atoms. The lowest BCUT2D eigenvalue weighted by atomic mass is 10.1. The van der Waals surface area contributed by atoms with Crippen molar-refractivity contribution in [3.05, 3.63) is 74.5 Å². The van der Waals surface area contributed by atoms with Gasteiger partial charge in [-0.05, 0) is 48.6 Å². The number of anilines is 1. The lowest BCUT2D eigenvalue weighted by Crippen LogP contribution is -2.16. The Balaban J connectivity index is 1.89. The summed E-state index contributed by atoms with van der Waals surface area (Å²) in [5, 5.41) is 5.00. The number of hydrogen-bond acceptors (Lipinski definition) is 2. The van der Waals surface area contributed by atoms with E-state index in [0.717, 1.165) is 27.7 Å². The van der Waals surface area contributed by atoms with Crippen molar-refractivity contribution < 1.29 is 0 Å². The van der Waals surface area contributed by atoms with Crippen LogP contribution in [0.5, 0.6) is 0 Å². The zero-order valence-corrected chi connectivity index (χ0v) is 13.3. The van der Waals surface area contributed by atoms with Crippen molar-refractivity contribution in [1.82, 2.24) is 4.98 Å². The predicted octanol–water partition coefficient (Wildman–Crippen LogP) is 4.41. The van der Waals surface area contributed by atoms with Gasteiger partial charge >= 0.3 is 0 Å². The molecule has 0 aliphatic carbocycles. The third-order valence-electron chi connectivity index (χ3n) is 3.82. The van der Waals surface area contributed by atoms with Gasteiger partial charge < -0.3 is 10.3 Å². The van der Waals surface area contributed by atoms with E-state index in [1.807, 2.05) is 56.3 Å². The number of aromatic nitrogens is 1. The summed E-state index contributed by atoms with van der Waals surface area (Å²) in [5.41, 5.74) is 4.54. The Kier molecular flexibility index (Phi) is 3.90. The van der Waals surface area contributed by atoms with Crippen LogP contribution in [0.4, 0.5) is 5.69 Å². The summed E-state index contributed by atoms with van der Waals surface area (Å²) in [6.45, 7) is 4.41. The highest BCUT2D eigenvalue weighted by Gasteiger charge is 2.05. The van der Waals surface area contributed by atoms with Crippen molar-refractivity contribution >= 4 is 28.2 Å². The number of benzene rings is 2. The van der Waals surface area contributed by atoms with E-state index >= 15 is 0 Å². The van der Waals surface area contributed by atoms with E-state index in [2.05, 4.69) is 10.3 Å². The SMILES string of the molecule is Cc1ccc(NCc2cc3cccc(C)c3[nH]c2=O)cc1Cl. The second-order valence-corrected chi connectivity index (χ2v) is 5.89. The van der Waals surface area contributed by atoms with E-state index in [1.54, 1.807) is 0 Å². The third kappa shape index (κ3) is 2.85. The first-order chi connectivity index (χ1) is 10.5. The Hall–Kier alpha value is -2.26. The fourth-order valence-corrected chi connectivity index (χ4v) is 2.64. The molecule has 3 nitrogen and oxygen atoms in total. The third-order valence-corrected chi connectivity index (χ3v) is 4.23. The van der Waals surface area contributed by atoms with Gasteiger partial charge in [-0.1, -0.05) is 35.9 Å². The topological polar surface area (TPSA) is 44.9 Å². The summed E-state index contributed by atoms with van der Waals surface area (Å²) in [6.07, 6.45) is 0. The van der Waals surface area contributed by atoms with E-state index in [1.165, 1.54) is 0 Å². The average molecular weight is 313 g/mol. The minimum Gasteiger partial charge on any atom is -0.381 e. The molecule has 4 heteroatoms. The minimum absolute atomic E-state index is 0.0625. The van der Waals surface area contributed by atoms with Crippen molar-refractivity contribution in [3.63, 3.8) is 0 Å². The predicted molar refractivity (Wildman–Crippen MR) is 92.8 cm³/mol. The van der Waals surface area contributed by atoms with Crippen LogP contribution in [0.2, 0.25) is 5.02 Å². The first kappa shape index (κ1) is 14.7. The Morgan fingerprint density at radius 2 is 1.91 bits per heavy atom. The van der Waals surface area contributed by atoms with Gasteiger partial charge in [-0.25, -0.2) is 0 Å². The largest absolute Gasteiger partial charge is 0.381 e. The highest BCUT2D eigenvalue weighted by Crippen LogP contribution is 2.20. The zero-order chi connectivity index (χ0) is 15.7. The fourth-order valence-electron chi connectivity index (χ4n) is 2.46. The molecule has 0 fully saturated rings. The van der Waals surface area contributed by atoms with Gasteiger partial charge in [0, 0.05) is 22.8 Å². The van der Waals surface area contributed by atoms with Crippen LogP contribution in [-0.2, 0) is 6.54 Å². The fraction of sp³-hybridized carbons (Fsp3) is 0.167.